The van der Waals surface area contributed by atoms with E-state index in [4.69, 9.17) is 0 Å². The molecule has 0 aromatic heterocycles. The number of benzene rings is 6. The van der Waals surface area contributed by atoms with E-state index >= 15 is 0 Å². The Balaban J connectivity index is 1.17. The summed E-state index contributed by atoms with van der Waals surface area (Å²) in [6, 6.07) is 41.0. The molecule has 0 bridgehead atoms. The molecule has 0 atom stereocenters. The first kappa shape index (κ1) is 25.4. The Morgan fingerprint density at radius 2 is 1.12 bits per heavy atom. The zero-order valence-corrected chi connectivity index (χ0v) is 25.4. The van der Waals surface area contributed by atoms with E-state index < -0.39 is 0 Å². The average Bonchev–Trinajstić information content (AvgIpc) is 3.34. The third kappa shape index (κ3) is 3.43. The Bertz CT molecular complexity index is 2090. The summed E-state index contributed by atoms with van der Waals surface area (Å²) in [5.41, 5.74) is 13.3. The van der Waals surface area contributed by atoms with E-state index in [1.54, 1.807) is 0 Å². The fourth-order valence-electron chi connectivity index (χ4n) is 7.83. The predicted octanol–water partition coefficient (Wildman–Crippen LogP) is 11.0. The maximum Gasteiger partial charge on any atom is 0.0569 e. The predicted molar refractivity (Wildman–Crippen MR) is 180 cm³/mol. The van der Waals surface area contributed by atoms with E-state index in [0.717, 1.165) is 0 Å². The number of hydrogen-bond donors (Lipinski definition) is 1. The van der Waals surface area contributed by atoms with E-state index in [1.807, 2.05) is 0 Å². The number of nitrogens with one attached hydrogen (secondary N) is 1. The SMILES string of the molecule is CC(C)(Nc1ccc2c(c1)C(C)(C)c1cc3ccccc3cc1-2)c1ccc2c(c1)C(C)(C)c1ccc3ccccc3c1-2. The first-order valence-corrected chi connectivity index (χ1v) is 15.2. The first-order valence-electron chi connectivity index (χ1n) is 15.2. The Morgan fingerprint density at radius 3 is 1.90 bits per heavy atom. The second-order valence-corrected chi connectivity index (χ2v) is 14.0. The number of fused-ring (bicyclic) bond motifs is 9. The largest absolute Gasteiger partial charge is 0.376 e. The summed E-state index contributed by atoms with van der Waals surface area (Å²) in [6.45, 7) is 14.1. The van der Waals surface area contributed by atoms with Gasteiger partial charge in [0, 0.05) is 16.5 Å². The van der Waals surface area contributed by atoms with Crippen LogP contribution < -0.4 is 5.32 Å². The van der Waals surface area contributed by atoms with Gasteiger partial charge in [0.25, 0.3) is 0 Å². The summed E-state index contributed by atoms with van der Waals surface area (Å²) in [5.74, 6) is 0. The number of hydrogen-bond acceptors (Lipinski definition) is 1. The van der Waals surface area contributed by atoms with Crippen molar-refractivity contribution in [2.75, 3.05) is 5.32 Å². The van der Waals surface area contributed by atoms with Crippen LogP contribution in [0.1, 0.15) is 69.4 Å². The third-order valence-electron chi connectivity index (χ3n) is 10.3. The van der Waals surface area contributed by atoms with Crippen molar-refractivity contribution in [1.29, 1.82) is 0 Å². The second-order valence-electron chi connectivity index (χ2n) is 14.0. The van der Waals surface area contributed by atoms with Crippen LogP contribution in [0.3, 0.4) is 0 Å². The van der Waals surface area contributed by atoms with Gasteiger partial charge in [0.2, 0.25) is 0 Å². The highest BCUT2D eigenvalue weighted by molar-refractivity contribution is 6.02. The molecule has 1 heteroatoms. The van der Waals surface area contributed by atoms with Crippen molar-refractivity contribution in [2.24, 2.45) is 0 Å². The van der Waals surface area contributed by atoms with Gasteiger partial charge in [-0.15, -0.1) is 0 Å². The highest BCUT2D eigenvalue weighted by atomic mass is 15.0. The molecule has 6 aromatic carbocycles. The average molecular weight is 544 g/mol. The standard InChI is InChI=1S/C41H37N/c1-39(2)34-20-15-25-11-9-10-14-30(25)38(34)32-18-16-28(23-36(32)39)41(5,6)42-29-17-19-31-33-21-26-12-7-8-13-27(26)22-35(33)40(3,4)37(31)24-29/h7-24,42H,1-6H3. The summed E-state index contributed by atoms with van der Waals surface area (Å²) < 4.78 is 0. The summed E-state index contributed by atoms with van der Waals surface area (Å²) in [5, 5.41) is 9.20. The lowest BCUT2D eigenvalue weighted by atomic mass is 9.80. The molecule has 2 aliphatic rings. The lowest BCUT2D eigenvalue weighted by Crippen LogP contribution is -2.29. The summed E-state index contributed by atoms with van der Waals surface area (Å²) in [6.07, 6.45) is 0. The Labute approximate surface area is 249 Å². The minimum atomic E-state index is -0.250. The zero-order valence-electron chi connectivity index (χ0n) is 25.4. The molecular weight excluding hydrogens is 506 g/mol. The maximum absolute atomic E-state index is 3.93. The van der Waals surface area contributed by atoms with E-state index in [9.17, 15) is 0 Å². The molecule has 2 aliphatic carbocycles. The van der Waals surface area contributed by atoms with Gasteiger partial charge in [-0.2, -0.15) is 0 Å². The van der Waals surface area contributed by atoms with Gasteiger partial charge in [-0.3, -0.25) is 0 Å². The van der Waals surface area contributed by atoms with Crippen LogP contribution in [0.15, 0.2) is 109 Å². The third-order valence-corrected chi connectivity index (χ3v) is 10.3. The summed E-state index contributed by atoms with van der Waals surface area (Å²) in [7, 11) is 0. The fourth-order valence-corrected chi connectivity index (χ4v) is 7.83. The van der Waals surface area contributed by atoms with Crippen molar-refractivity contribution in [3.63, 3.8) is 0 Å². The van der Waals surface area contributed by atoms with Gasteiger partial charge in [-0.05, 0) is 110 Å². The van der Waals surface area contributed by atoms with Crippen molar-refractivity contribution < 1.29 is 0 Å². The molecule has 0 aliphatic heterocycles. The molecule has 0 amide bonds. The zero-order chi connectivity index (χ0) is 29.0. The number of anilines is 1. The lowest BCUT2D eigenvalue weighted by Gasteiger charge is -2.31. The van der Waals surface area contributed by atoms with Crippen molar-refractivity contribution in [2.45, 2.75) is 57.9 Å². The van der Waals surface area contributed by atoms with Crippen LogP contribution in [0.25, 0.3) is 43.8 Å². The van der Waals surface area contributed by atoms with Crippen molar-refractivity contribution in [3.8, 4) is 22.3 Å². The minimum absolute atomic E-state index is 0.0479. The quantitative estimate of drug-likeness (QED) is 0.234. The fraction of sp³-hybridized carbons (Fsp3) is 0.220. The monoisotopic (exact) mass is 543 g/mol. The lowest BCUT2D eigenvalue weighted by molar-refractivity contribution is 0.601. The molecule has 6 aromatic rings. The van der Waals surface area contributed by atoms with Crippen molar-refractivity contribution in [1.82, 2.24) is 0 Å². The van der Waals surface area contributed by atoms with Gasteiger partial charge in [-0.25, -0.2) is 0 Å². The molecule has 0 unspecified atom stereocenters. The summed E-state index contributed by atoms with van der Waals surface area (Å²) >= 11 is 0. The van der Waals surface area contributed by atoms with Crippen LogP contribution in [0.5, 0.6) is 0 Å². The second kappa shape index (κ2) is 8.35. The van der Waals surface area contributed by atoms with Crippen LogP contribution in [-0.2, 0) is 16.4 Å². The van der Waals surface area contributed by atoms with Gasteiger partial charge in [-0.1, -0.05) is 113 Å². The molecule has 206 valence electrons. The Hall–Kier alpha value is -4.36. The highest BCUT2D eigenvalue weighted by Crippen LogP contribution is 2.53. The van der Waals surface area contributed by atoms with E-state index in [1.165, 1.54) is 77.3 Å². The van der Waals surface area contributed by atoms with Crippen LogP contribution in [0.4, 0.5) is 5.69 Å². The van der Waals surface area contributed by atoms with Gasteiger partial charge in [0.15, 0.2) is 0 Å². The molecule has 1 nitrogen and oxygen atoms in total. The Kier molecular flexibility index (Phi) is 5.04. The topological polar surface area (TPSA) is 12.0 Å². The summed E-state index contributed by atoms with van der Waals surface area (Å²) in [4.78, 5) is 0. The molecule has 1 N–H and O–H groups in total. The minimum Gasteiger partial charge on any atom is -0.376 e. The molecule has 42 heavy (non-hydrogen) atoms. The van der Waals surface area contributed by atoms with E-state index in [2.05, 4.69) is 156 Å². The van der Waals surface area contributed by atoms with Gasteiger partial charge >= 0.3 is 0 Å². The van der Waals surface area contributed by atoms with Crippen LogP contribution in [0.2, 0.25) is 0 Å². The van der Waals surface area contributed by atoms with E-state index in [0.29, 0.717) is 0 Å². The highest BCUT2D eigenvalue weighted by Gasteiger charge is 2.38. The van der Waals surface area contributed by atoms with Crippen LogP contribution >= 0.6 is 0 Å². The molecular formula is C41H37N. The van der Waals surface area contributed by atoms with Crippen molar-refractivity contribution in [3.05, 3.63) is 137 Å². The number of rotatable bonds is 3. The molecule has 0 saturated carbocycles. The molecule has 0 heterocycles. The molecule has 0 fully saturated rings. The van der Waals surface area contributed by atoms with Gasteiger partial charge in [0.1, 0.15) is 0 Å². The first-order chi connectivity index (χ1) is 20.1. The molecule has 0 radical (unpaired) electrons. The Morgan fingerprint density at radius 1 is 0.500 bits per heavy atom. The maximum atomic E-state index is 3.93. The van der Waals surface area contributed by atoms with Gasteiger partial charge < -0.3 is 5.32 Å². The smallest absolute Gasteiger partial charge is 0.0569 e. The van der Waals surface area contributed by atoms with E-state index in [-0.39, 0.29) is 16.4 Å². The normalized spacial score (nSPS) is 15.8. The molecule has 8 rings (SSSR count). The van der Waals surface area contributed by atoms with Crippen LogP contribution in [0, 0.1) is 0 Å². The van der Waals surface area contributed by atoms with Gasteiger partial charge in [0.05, 0.1) is 5.54 Å². The van der Waals surface area contributed by atoms with Crippen molar-refractivity contribution >= 4 is 27.2 Å². The van der Waals surface area contributed by atoms with Crippen LogP contribution in [-0.4, -0.2) is 0 Å². The molecule has 0 spiro atoms. The molecule has 0 saturated heterocycles.